The van der Waals surface area contributed by atoms with Crippen LogP contribution in [0.25, 0.3) is 0 Å². The van der Waals surface area contributed by atoms with Crippen molar-refractivity contribution in [3.63, 3.8) is 0 Å². The highest BCUT2D eigenvalue weighted by Crippen LogP contribution is 2.18. The minimum atomic E-state index is -3.12. The summed E-state index contributed by atoms with van der Waals surface area (Å²) < 4.78 is 24.4. The molecule has 0 aliphatic carbocycles. The molecule has 0 radical (unpaired) electrons. The molecule has 1 fully saturated rings. The molecular weight excluding hydrogens is 208 g/mol. The van der Waals surface area contributed by atoms with Crippen molar-refractivity contribution < 1.29 is 23.5 Å². The van der Waals surface area contributed by atoms with Crippen molar-refractivity contribution in [3.05, 3.63) is 0 Å². The van der Waals surface area contributed by atoms with E-state index in [4.69, 9.17) is 5.11 Å². The Balaban J connectivity index is 2.79. The van der Waals surface area contributed by atoms with E-state index < -0.39 is 24.3 Å². The van der Waals surface area contributed by atoms with Crippen molar-refractivity contribution in [2.24, 2.45) is 0 Å². The van der Waals surface area contributed by atoms with Gasteiger partial charge in [-0.15, -0.1) is 0 Å². The van der Waals surface area contributed by atoms with Crippen molar-refractivity contribution in [1.82, 2.24) is 4.90 Å². The van der Waals surface area contributed by atoms with Crippen molar-refractivity contribution >= 4 is 11.9 Å². The quantitative estimate of drug-likeness (QED) is 0.759. The van der Waals surface area contributed by atoms with Crippen LogP contribution in [0.2, 0.25) is 0 Å². The van der Waals surface area contributed by atoms with E-state index in [1.807, 2.05) is 0 Å². The monoisotopic (exact) mass is 221 g/mol. The Morgan fingerprint density at radius 3 is 2.47 bits per heavy atom. The van der Waals surface area contributed by atoms with Gasteiger partial charge in [-0.2, -0.15) is 8.78 Å². The average Bonchev–Trinajstić information content (AvgIpc) is 2.40. The number of carbonyl (C=O) groups excluding carboxylic acids is 1. The lowest BCUT2D eigenvalue weighted by molar-refractivity contribution is -0.155. The first-order valence-electron chi connectivity index (χ1n) is 4.85. The van der Waals surface area contributed by atoms with E-state index >= 15 is 0 Å². The van der Waals surface area contributed by atoms with Crippen molar-refractivity contribution in [1.29, 1.82) is 0 Å². The summed E-state index contributed by atoms with van der Waals surface area (Å²) in [5.74, 6) is -2.57. The molecule has 1 aliphatic rings. The number of amides is 1. The van der Waals surface area contributed by atoms with Crippen LogP contribution in [0.1, 0.15) is 25.7 Å². The van der Waals surface area contributed by atoms with Gasteiger partial charge in [0.15, 0.2) is 0 Å². The Bertz CT molecular complexity index is 258. The summed E-state index contributed by atoms with van der Waals surface area (Å²) in [6.45, 7) is 0.111. The normalized spacial score (nSPS) is 22.6. The molecule has 0 spiro atoms. The molecule has 0 aromatic heterocycles. The maximum atomic E-state index is 12.2. The summed E-state index contributed by atoms with van der Waals surface area (Å²) in [6.07, 6.45) is -0.846. The van der Waals surface area contributed by atoms with Gasteiger partial charge in [0.25, 0.3) is 5.91 Å². The van der Waals surface area contributed by atoms with Gasteiger partial charge in [0.2, 0.25) is 0 Å². The summed E-state index contributed by atoms with van der Waals surface area (Å²) in [4.78, 5) is 22.7. The number of rotatable bonds is 2. The van der Waals surface area contributed by atoms with E-state index in [1.54, 1.807) is 0 Å². The van der Waals surface area contributed by atoms with Gasteiger partial charge in [0.05, 0.1) is 0 Å². The highest BCUT2D eigenvalue weighted by Gasteiger charge is 2.34. The van der Waals surface area contributed by atoms with Crippen LogP contribution in [-0.2, 0) is 9.59 Å². The van der Waals surface area contributed by atoms with E-state index in [0.717, 1.165) is 11.3 Å². The number of nitrogens with zero attached hydrogens (tertiary/aromatic N) is 1. The molecule has 1 unspecified atom stereocenters. The standard InChI is InChI=1S/C9H13F2NO3/c10-7(11)8(13)12-5-3-1-2-4-6(12)9(14)15/h6-7H,1-5H2,(H,14,15). The molecule has 1 heterocycles. The molecule has 15 heavy (non-hydrogen) atoms. The molecule has 1 amide bonds. The van der Waals surface area contributed by atoms with Crippen molar-refractivity contribution in [2.45, 2.75) is 38.2 Å². The third-order valence-electron chi connectivity index (χ3n) is 2.51. The first kappa shape index (κ1) is 11.9. The SMILES string of the molecule is O=C(O)C1CCCCCN1C(=O)C(F)F. The summed E-state index contributed by atoms with van der Waals surface area (Å²) in [5.41, 5.74) is 0. The Kier molecular flexibility index (Phi) is 3.99. The van der Waals surface area contributed by atoms with Crippen LogP contribution in [0, 0.1) is 0 Å². The number of carboxylic acids is 1. The van der Waals surface area contributed by atoms with Crippen LogP contribution < -0.4 is 0 Å². The zero-order valence-electron chi connectivity index (χ0n) is 8.16. The van der Waals surface area contributed by atoms with Crippen LogP contribution in [0.3, 0.4) is 0 Å². The molecule has 1 saturated heterocycles. The fourth-order valence-corrected chi connectivity index (χ4v) is 1.75. The van der Waals surface area contributed by atoms with Gasteiger partial charge in [0.1, 0.15) is 6.04 Å². The average molecular weight is 221 g/mol. The van der Waals surface area contributed by atoms with Crippen LogP contribution in [0.4, 0.5) is 8.78 Å². The van der Waals surface area contributed by atoms with Gasteiger partial charge < -0.3 is 10.0 Å². The van der Waals surface area contributed by atoms with E-state index in [0.29, 0.717) is 12.8 Å². The molecule has 0 bridgehead atoms. The van der Waals surface area contributed by atoms with Gasteiger partial charge in [-0.25, -0.2) is 4.79 Å². The van der Waals surface area contributed by atoms with E-state index in [2.05, 4.69) is 0 Å². The Labute approximate surface area is 85.9 Å². The number of carbonyl (C=O) groups is 2. The predicted molar refractivity (Wildman–Crippen MR) is 47.6 cm³/mol. The van der Waals surface area contributed by atoms with Crippen LogP contribution >= 0.6 is 0 Å². The number of halogens is 2. The highest BCUT2D eigenvalue weighted by atomic mass is 19.3. The molecule has 0 saturated carbocycles. The fraction of sp³-hybridized carbons (Fsp3) is 0.778. The summed E-state index contributed by atoms with van der Waals surface area (Å²) in [6, 6.07) is -1.09. The molecule has 1 N–H and O–H groups in total. The summed E-state index contributed by atoms with van der Waals surface area (Å²) in [5, 5.41) is 8.83. The van der Waals surface area contributed by atoms with E-state index in [-0.39, 0.29) is 13.0 Å². The molecule has 1 rings (SSSR count). The van der Waals surface area contributed by atoms with Crippen LogP contribution in [-0.4, -0.2) is 40.9 Å². The largest absolute Gasteiger partial charge is 0.480 e. The predicted octanol–water partition coefficient (Wildman–Crippen LogP) is 1.11. The van der Waals surface area contributed by atoms with Crippen molar-refractivity contribution in [2.75, 3.05) is 6.54 Å². The number of hydrogen-bond donors (Lipinski definition) is 1. The zero-order valence-corrected chi connectivity index (χ0v) is 8.16. The molecular formula is C9H13F2NO3. The lowest BCUT2D eigenvalue weighted by Gasteiger charge is -2.26. The first-order chi connectivity index (χ1) is 7.04. The van der Waals surface area contributed by atoms with E-state index in [1.165, 1.54) is 0 Å². The topological polar surface area (TPSA) is 57.6 Å². The Morgan fingerprint density at radius 1 is 1.27 bits per heavy atom. The van der Waals surface area contributed by atoms with Gasteiger partial charge >= 0.3 is 12.4 Å². The number of aliphatic carboxylic acids is 1. The molecule has 4 nitrogen and oxygen atoms in total. The fourth-order valence-electron chi connectivity index (χ4n) is 1.75. The third kappa shape index (κ3) is 2.87. The molecule has 1 atom stereocenters. The molecule has 86 valence electrons. The Hall–Kier alpha value is -1.20. The van der Waals surface area contributed by atoms with Crippen LogP contribution in [0.5, 0.6) is 0 Å². The number of alkyl halides is 2. The second-order valence-electron chi connectivity index (χ2n) is 3.54. The van der Waals surface area contributed by atoms with Crippen molar-refractivity contribution in [3.8, 4) is 0 Å². The zero-order chi connectivity index (χ0) is 11.4. The summed E-state index contributed by atoms with van der Waals surface area (Å²) in [7, 11) is 0. The molecule has 0 aromatic carbocycles. The minimum absolute atomic E-state index is 0.111. The second-order valence-corrected chi connectivity index (χ2v) is 3.54. The summed E-state index contributed by atoms with van der Waals surface area (Å²) >= 11 is 0. The lowest BCUT2D eigenvalue weighted by Crippen LogP contribution is -2.47. The van der Waals surface area contributed by atoms with Gasteiger partial charge in [-0.05, 0) is 12.8 Å². The Morgan fingerprint density at radius 2 is 1.93 bits per heavy atom. The second kappa shape index (κ2) is 5.04. The van der Waals surface area contributed by atoms with Gasteiger partial charge in [-0.3, -0.25) is 4.79 Å². The minimum Gasteiger partial charge on any atom is -0.480 e. The van der Waals surface area contributed by atoms with Gasteiger partial charge in [-0.1, -0.05) is 12.8 Å². The number of likely N-dealkylation sites (tertiary alicyclic amines) is 1. The maximum Gasteiger partial charge on any atom is 0.326 e. The molecule has 6 heteroatoms. The van der Waals surface area contributed by atoms with Gasteiger partial charge in [0, 0.05) is 6.54 Å². The number of hydrogen-bond acceptors (Lipinski definition) is 2. The first-order valence-corrected chi connectivity index (χ1v) is 4.85. The lowest BCUT2D eigenvalue weighted by atomic mass is 10.1. The maximum absolute atomic E-state index is 12.2. The molecule has 1 aliphatic heterocycles. The smallest absolute Gasteiger partial charge is 0.326 e. The highest BCUT2D eigenvalue weighted by molar-refractivity contribution is 5.85. The van der Waals surface area contributed by atoms with Crippen LogP contribution in [0.15, 0.2) is 0 Å². The van der Waals surface area contributed by atoms with E-state index in [9.17, 15) is 18.4 Å². The third-order valence-corrected chi connectivity index (χ3v) is 2.51. The number of carboxylic acid groups (broad SMARTS) is 1. The molecule has 0 aromatic rings.